The first-order valence-corrected chi connectivity index (χ1v) is 12.8. The van der Waals surface area contributed by atoms with E-state index in [1.165, 1.54) is 17.7 Å². The van der Waals surface area contributed by atoms with E-state index in [-0.39, 0.29) is 30.3 Å². The number of imide groups is 1. The van der Waals surface area contributed by atoms with Crippen LogP contribution >= 0.6 is 0 Å². The van der Waals surface area contributed by atoms with Crippen LogP contribution in [-0.2, 0) is 14.8 Å². The summed E-state index contributed by atoms with van der Waals surface area (Å²) in [5, 5.41) is 2.23. The average molecular weight is 452 g/mol. The van der Waals surface area contributed by atoms with Gasteiger partial charge in [-0.15, -0.1) is 0 Å². The Bertz CT molecular complexity index is 870. The van der Waals surface area contributed by atoms with E-state index in [4.69, 9.17) is 4.74 Å². The number of unbranched alkanes of at least 4 members (excludes halogenated alkanes) is 2. The van der Waals surface area contributed by atoms with Crippen molar-refractivity contribution < 1.29 is 22.7 Å². The van der Waals surface area contributed by atoms with Gasteiger partial charge in [0.25, 0.3) is 0 Å². The van der Waals surface area contributed by atoms with E-state index >= 15 is 0 Å². The molecular formula is C22H33N3O5S. The van der Waals surface area contributed by atoms with Gasteiger partial charge >= 0.3 is 6.03 Å². The second kappa shape index (κ2) is 10.9. The number of carbonyl (C=O) groups is 2. The molecule has 31 heavy (non-hydrogen) atoms. The maximum absolute atomic E-state index is 12.7. The number of carbonyl (C=O) groups excluding carboxylic acids is 2. The second-order valence-corrected chi connectivity index (χ2v) is 10.3. The van der Waals surface area contributed by atoms with Crippen LogP contribution in [0.4, 0.5) is 4.79 Å². The standard InChI is InChI=1S/C22H33N3O5S/c1-2-7-20(18-8-6-9-19(14-18)30-16-17-10-11-17)24-31(28,29)13-5-3-4-12-25-15-21(26)23-22(25)27/h6,8-9,14,17,20,24H,2-5,7,10-13,15-16H2,1H3,(H,23,26,27)/t20-/m1/s1. The van der Waals surface area contributed by atoms with Gasteiger partial charge in [-0.3, -0.25) is 10.1 Å². The second-order valence-electron chi connectivity index (χ2n) is 8.44. The fourth-order valence-corrected chi connectivity index (χ4v) is 5.00. The Hall–Kier alpha value is -2.13. The highest BCUT2D eigenvalue weighted by Gasteiger charge is 2.26. The predicted octanol–water partition coefficient (Wildman–Crippen LogP) is 2.96. The third-order valence-corrected chi connectivity index (χ3v) is 7.02. The summed E-state index contributed by atoms with van der Waals surface area (Å²) in [6.45, 7) is 3.30. The molecule has 1 heterocycles. The van der Waals surface area contributed by atoms with Gasteiger partial charge in [0.05, 0.1) is 12.4 Å². The summed E-state index contributed by atoms with van der Waals surface area (Å²) in [4.78, 5) is 24.1. The molecule has 1 aromatic rings. The Morgan fingerprint density at radius 1 is 1.23 bits per heavy atom. The summed E-state index contributed by atoms with van der Waals surface area (Å²) in [6, 6.07) is 7.05. The van der Waals surface area contributed by atoms with E-state index in [0.29, 0.717) is 38.1 Å². The van der Waals surface area contributed by atoms with Gasteiger partial charge in [-0.2, -0.15) is 0 Å². The first kappa shape index (κ1) is 23.5. The van der Waals surface area contributed by atoms with Crippen molar-refractivity contribution in [3.05, 3.63) is 29.8 Å². The van der Waals surface area contributed by atoms with E-state index in [9.17, 15) is 18.0 Å². The molecule has 1 aliphatic carbocycles. The monoisotopic (exact) mass is 451 g/mol. The molecule has 1 saturated carbocycles. The molecule has 1 aliphatic heterocycles. The molecule has 9 heteroatoms. The Morgan fingerprint density at radius 2 is 2.03 bits per heavy atom. The third kappa shape index (κ3) is 7.81. The normalized spacial score (nSPS) is 17.6. The molecule has 2 aliphatic rings. The minimum Gasteiger partial charge on any atom is -0.493 e. The van der Waals surface area contributed by atoms with Crippen molar-refractivity contribution in [2.45, 2.75) is 57.9 Å². The molecule has 1 saturated heterocycles. The lowest BCUT2D eigenvalue weighted by molar-refractivity contribution is -0.118. The molecule has 0 bridgehead atoms. The molecule has 0 spiro atoms. The maximum atomic E-state index is 12.7. The van der Waals surface area contributed by atoms with Crippen LogP contribution in [0.2, 0.25) is 0 Å². The molecule has 0 radical (unpaired) electrons. The number of sulfonamides is 1. The van der Waals surface area contributed by atoms with E-state index in [1.54, 1.807) is 0 Å². The smallest absolute Gasteiger partial charge is 0.324 e. The van der Waals surface area contributed by atoms with Crippen LogP contribution in [0.1, 0.15) is 63.5 Å². The van der Waals surface area contributed by atoms with Gasteiger partial charge in [0.2, 0.25) is 15.9 Å². The fourth-order valence-electron chi connectivity index (χ4n) is 3.61. The van der Waals surface area contributed by atoms with Crippen molar-refractivity contribution in [2.75, 3.05) is 25.4 Å². The number of benzene rings is 1. The Balaban J connectivity index is 1.46. The lowest BCUT2D eigenvalue weighted by atomic mass is 10.0. The summed E-state index contributed by atoms with van der Waals surface area (Å²) in [6.07, 6.45) is 5.85. The highest BCUT2D eigenvalue weighted by Crippen LogP contribution is 2.30. The predicted molar refractivity (Wildman–Crippen MR) is 118 cm³/mol. The number of ether oxygens (including phenoxy) is 1. The number of nitrogens with one attached hydrogen (secondary N) is 2. The first-order valence-electron chi connectivity index (χ1n) is 11.2. The lowest BCUT2D eigenvalue weighted by Crippen LogP contribution is -2.31. The maximum Gasteiger partial charge on any atom is 0.324 e. The largest absolute Gasteiger partial charge is 0.493 e. The highest BCUT2D eigenvalue weighted by atomic mass is 32.2. The number of rotatable bonds is 14. The molecule has 172 valence electrons. The molecule has 1 aromatic carbocycles. The zero-order chi connectivity index (χ0) is 22.3. The molecule has 2 N–H and O–H groups in total. The van der Waals surface area contributed by atoms with Gasteiger partial charge in [0.1, 0.15) is 12.3 Å². The minimum atomic E-state index is -3.44. The van der Waals surface area contributed by atoms with Gasteiger partial charge in [-0.05, 0) is 55.7 Å². The van der Waals surface area contributed by atoms with Gasteiger partial charge < -0.3 is 9.64 Å². The van der Waals surface area contributed by atoms with Gasteiger partial charge in [0.15, 0.2) is 0 Å². The van der Waals surface area contributed by atoms with Gasteiger partial charge in [0, 0.05) is 12.6 Å². The van der Waals surface area contributed by atoms with E-state index in [2.05, 4.69) is 10.0 Å². The number of amides is 3. The summed E-state index contributed by atoms with van der Waals surface area (Å²) in [7, 11) is -3.44. The van der Waals surface area contributed by atoms with Crippen LogP contribution < -0.4 is 14.8 Å². The van der Waals surface area contributed by atoms with Crippen LogP contribution in [0.5, 0.6) is 5.75 Å². The molecular weight excluding hydrogens is 418 g/mol. The molecule has 1 atom stereocenters. The summed E-state index contributed by atoms with van der Waals surface area (Å²) < 4.78 is 34.0. The highest BCUT2D eigenvalue weighted by molar-refractivity contribution is 7.89. The quantitative estimate of drug-likeness (QED) is 0.334. The van der Waals surface area contributed by atoms with Crippen molar-refractivity contribution in [2.24, 2.45) is 5.92 Å². The summed E-state index contributed by atoms with van der Waals surface area (Å²) in [5.41, 5.74) is 0.920. The number of nitrogens with zero attached hydrogens (tertiary/aromatic N) is 1. The van der Waals surface area contributed by atoms with Crippen LogP contribution in [0, 0.1) is 5.92 Å². The van der Waals surface area contributed by atoms with Crippen LogP contribution in [-0.4, -0.2) is 50.7 Å². The van der Waals surface area contributed by atoms with Gasteiger partial charge in [-0.25, -0.2) is 17.9 Å². The Labute approximate surface area is 184 Å². The van der Waals surface area contributed by atoms with E-state index in [1.807, 2.05) is 31.2 Å². The topological polar surface area (TPSA) is 105 Å². The number of hydrogen-bond donors (Lipinski definition) is 2. The zero-order valence-corrected chi connectivity index (χ0v) is 19.0. The van der Waals surface area contributed by atoms with Crippen molar-refractivity contribution in [1.29, 1.82) is 0 Å². The average Bonchev–Trinajstić information content (AvgIpc) is 3.50. The third-order valence-electron chi connectivity index (χ3n) is 5.55. The SMILES string of the molecule is CCC[C@@H](NS(=O)(=O)CCCCCN1CC(=O)NC1=O)c1cccc(OCC2CC2)c1. The zero-order valence-electron chi connectivity index (χ0n) is 18.1. The Morgan fingerprint density at radius 3 is 2.71 bits per heavy atom. The number of hydrogen-bond acceptors (Lipinski definition) is 5. The van der Waals surface area contributed by atoms with Crippen molar-refractivity contribution >= 4 is 22.0 Å². The molecule has 3 amide bonds. The molecule has 3 rings (SSSR count). The number of urea groups is 1. The van der Waals surface area contributed by atoms with Crippen LogP contribution in [0.15, 0.2) is 24.3 Å². The first-order chi connectivity index (χ1) is 14.9. The lowest BCUT2D eigenvalue weighted by Gasteiger charge is -2.20. The van der Waals surface area contributed by atoms with E-state index in [0.717, 1.165) is 24.3 Å². The van der Waals surface area contributed by atoms with Crippen molar-refractivity contribution in [3.8, 4) is 5.75 Å². The summed E-state index contributed by atoms with van der Waals surface area (Å²) >= 11 is 0. The minimum absolute atomic E-state index is 0.0379. The van der Waals surface area contributed by atoms with E-state index < -0.39 is 10.0 Å². The molecule has 8 nitrogen and oxygen atoms in total. The summed E-state index contributed by atoms with van der Waals surface area (Å²) in [5.74, 6) is 1.19. The molecule has 0 aromatic heterocycles. The van der Waals surface area contributed by atoms with Crippen molar-refractivity contribution in [1.82, 2.24) is 14.9 Å². The Kier molecular flexibility index (Phi) is 8.31. The molecule has 2 fully saturated rings. The van der Waals surface area contributed by atoms with Crippen molar-refractivity contribution in [3.63, 3.8) is 0 Å². The van der Waals surface area contributed by atoms with Crippen LogP contribution in [0.25, 0.3) is 0 Å². The van der Waals surface area contributed by atoms with Gasteiger partial charge in [-0.1, -0.05) is 31.9 Å². The van der Waals surface area contributed by atoms with Crippen LogP contribution in [0.3, 0.4) is 0 Å². The fraction of sp³-hybridized carbons (Fsp3) is 0.636. The molecule has 0 unspecified atom stereocenters.